The van der Waals surface area contributed by atoms with Crippen molar-refractivity contribution in [3.8, 4) is 11.3 Å². The third-order valence-electron chi connectivity index (χ3n) is 1.75. The van der Waals surface area contributed by atoms with Gasteiger partial charge in [0.05, 0.1) is 10.7 Å². The minimum atomic E-state index is -0.501. The maximum atomic E-state index is 13.6. The summed E-state index contributed by atoms with van der Waals surface area (Å²) in [5, 5.41) is 2.12. The van der Waals surface area contributed by atoms with Crippen LogP contribution in [0, 0.1) is 5.82 Å². The number of rotatable bonds is 1. The van der Waals surface area contributed by atoms with Gasteiger partial charge in [0, 0.05) is 16.0 Å². The average molecular weight is 327 g/mol. The summed E-state index contributed by atoms with van der Waals surface area (Å²) in [4.78, 5) is 4.10. The molecule has 2 rings (SSSR count). The van der Waals surface area contributed by atoms with Gasteiger partial charge in [-0.2, -0.15) is 0 Å². The van der Waals surface area contributed by atoms with Crippen LogP contribution in [0.15, 0.2) is 21.4 Å². The predicted molar refractivity (Wildman–Crippen MR) is 65.2 cm³/mol. The maximum absolute atomic E-state index is 13.6. The van der Waals surface area contributed by atoms with E-state index < -0.39 is 5.82 Å². The first-order valence-corrected chi connectivity index (χ1v) is 6.26. The molecule has 0 aliphatic rings. The fourth-order valence-electron chi connectivity index (χ4n) is 1.12. The molecule has 0 amide bonds. The SMILES string of the molecule is Fc1c(Cl)cc(Cl)cc1-c1csc(Br)n1. The van der Waals surface area contributed by atoms with Gasteiger partial charge < -0.3 is 0 Å². The molecule has 0 fully saturated rings. The first-order chi connectivity index (χ1) is 7.08. The molecular weight excluding hydrogens is 324 g/mol. The second kappa shape index (κ2) is 4.37. The van der Waals surface area contributed by atoms with Crippen LogP contribution in [0.25, 0.3) is 11.3 Å². The Hall–Kier alpha value is -0.160. The van der Waals surface area contributed by atoms with Gasteiger partial charge in [0.25, 0.3) is 0 Å². The number of thiazole rings is 1. The van der Waals surface area contributed by atoms with Gasteiger partial charge in [-0.25, -0.2) is 9.37 Å². The molecule has 15 heavy (non-hydrogen) atoms. The minimum absolute atomic E-state index is 0.00150. The summed E-state index contributed by atoms with van der Waals surface area (Å²) < 4.78 is 14.3. The second-order valence-corrected chi connectivity index (χ2v) is 5.71. The molecule has 1 aromatic carbocycles. The minimum Gasteiger partial charge on any atom is -0.229 e. The molecule has 0 atom stereocenters. The van der Waals surface area contributed by atoms with E-state index in [1.807, 2.05) is 0 Å². The molecule has 0 aliphatic heterocycles. The summed E-state index contributed by atoms with van der Waals surface area (Å²) in [6.45, 7) is 0. The number of hydrogen-bond acceptors (Lipinski definition) is 2. The van der Waals surface area contributed by atoms with Crippen molar-refractivity contribution < 1.29 is 4.39 Å². The van der Waals surface area contributed by atoms with Gasteiger partial charge in [-0.1, -0.05) is 23.2 Å². The number of hydrogen-bond donors (Lipinski definition) is 0. The van der Waals surface area contributed by atoms with Gasteiger partial charge in [0.2, 0.25) is 0 Å². The molecule has 6 heteroatoms. The summed E-state index contributed by atoms with van der Waals surface area (Å²) in [6, 6.07) is 2.87. The summed E-state index contributed by atoms with van der Waals surface area (Å²) >= 11 is 16.1. The van der Waals surface area contributed by atoms with Crippen molar-refractivity contribution in [3.05, 3.63) is 37.3 Å². The Bertz CT molecular complexity index is 515. The van der Waals surface area contributed by atoms with Gasteiger partial charge in [0.15, 0.2) is 9.73 Å². The van der Waals surface area contributed by atoms with Crippen molar-refractivity contribution in [1.29, 1.82) is 0 Å². The predicted octanol–water partition coefficient (Wildman–Crippen LogP) is 5.02. The molecule has 1 heterocycles. The highest BCUT2D eigenvalue weighted by atomic mass is 79.9. The van der Waals surface area contributed by atoms with E-state index in [0.717, 1.165) is 0 Å². The molecule has 0 spiro atoms. The molecule has 0 radical (unpaired) electrons. The zero-order valence-corrected chi connectivity index (χ0v) is 11.0. The highest BCUT2D eigenvalue weighted by molar-refractivity contribution is 9.11. The monoisotopic (exact) mass is 325 g/mol. The molecule has 2 aromatic rings. The zero-order chi connectivity index (χ0) is 11.0. The topological polar surface area (TPSA) is 12.9 Å². The lowest BCUT2D eigenvalue weighted by atomic mass is 10.1. The van der Waals surface area contributed by atoms with Crippen molar-refractivity contribution in [2.45, 2.75) is 0 Å². The fourth-order valence-corrected chi connectivity index (χ4v) is 2.62. The van der Waals surface area contributed by atoms with Crippen LogP contribution in [0.5, 0.6) is 0 Å². The lowest BCUT2D eigenvalue weighted by Crippen LogP contribution is -1.86. The Morgan fingerprint density at radius 3 is 2.67 bits per heavy atom. The lowest BCUT2D eigenvalue weighted by Gasteiger charge is -2.02. The quantitative estimate of drug-likeness (QED) is 0.671. The van der Waals surface area contributed by atoms with Crippen molar-refractivity contribution in [1.82, 2.24) is 4.98 Å². The molecule has 0 aliphatic carbocycles. The molecule has 78 valence electrons. The van der Waals surface area contributed by atoms with E-state index in [0.29, 0.717) is 20.2 Å². The van der Waals surface area contributed by atoms with Crippen molar-refractivity contribution in [2.75, 3.05) is 0 Å². The number of halogens is 4. The van der Waals surface area contributed by atoms with Crippen molar-refractivity contribution in [3.63, 3.8) is 0 Å². The Labute approximate surface area is 108 Å². The van der Waals surface area contributed by atoms with E-state index in [1.54, 1.807) is 5.38 Å². The summed E-state index contributed by atoms with van der Waals surface area (Å²) in [7, 11) is 0. The van der Waals surface area contributed by atoms with Gasteiger partial charge >= 0.3 is 0 Å². The van der Waals surface area contributed by atoms with Gasteiger partial charge in [-0.15, -0.1) is 11.3 Å². The Balaban J connectivity index is 2.62. The third kappa shape index (κ3) is 2.33. The largest absolute Gasteiger partial charge is 0.229 e. The second-order valence-electron chi connectivity index (χ2n) is 2.73. The van der Waals surface area contributed by atoms with Crippen LogP contribution in [0.2, 0.25) is 10.0 Å². The van der Waals surface area contributed by atoms with Gasteiger partial charge in [0.1, 0.15) is 0 Å². The van der Waals surface area contributed by atoms with Crippen LogP contribution in [0.3, 0.4) is 0 Å². The molecule has 0 N–H and O–H groups in total. The van der Waals surface area contributed by atoms with E-state index in [2.05, 4.69) is 20.9 Å². The standard InChI is InChI=1S/C9H3BrCl2FNS/c10-9-14-7(3-15-9)5-1-4(11)2-6(12)8(5)13/h1-3H. The van der Waals surface area contributed by atoms with Crippen LogP contribution in [-0.4, -0.2) is 4.98 Å². The highest BCUT2D eigenvalue weighted by Crippen LogP contribution is 2.32. The van der Waals surface area contributed by atoms with Crippen LogP contribution >= 0.6 is 50.5 Å². The lowest BCUT2D eigenvalue weighted by molar-refractivity contribution is 0.631. The normalized spacial score (nSPS) is 10.7. The molecule has 1 nitrogen and oxygen atoms in total. The third-order valence-corrected chi connectivity index (χ3v) is 3.60. The van der Waals surface area contributed by atoms with Crippen molar-refractivity contribution in [2.24, 2.45) is 0 Å². The summed E-state index contributed by atoms with van der Waals surface area (Å²) in [6.07, 6.45) is 0. The Morgan fingerprint density at radius 1 is 1.33 bits per heavy atom. The smallest absolute Gasteiger partial charge is 0.159 e. The van der Waals surface area contributed by atoms with Crippen LogP contribution in [0.1, 0.15) is 0 Å². The maximum Gasteiger partial charge on any atom is 0.159 e. The molecule has 1 aromatic heterocycles. The first-order valence-electron chi connectivity index (χ1n) is 3.84. The van der Waals surface area contributed by atoms with Gasteiger partial charge in [-0.05, 0) is 28.1 Å². The van der Waals surface area contributed by atoms with E-state index in [1.165, 1.54) is 23.5 Å². The Kier molecular flexibility index (Phi) is 3.30. The van der Waals surface area contributed by atoms with Crippen molar-refractivity contribution >= 4 is 50.5 Å². The first kappa shape index (κ1) is 11.3. The summed E-state index contributed by atoms with van der Waals surface area (Å²) in [5.74, 6) is -0.501. The summed E-state index contributed by atoms with van der Waals surface area (Å²) in [5.41, 5.74) is 0.836. The number of benzene rings is 1. The van der Waals surface area contributed by atoms with E-state index in [-0.39, 0.29) is 5.02 Å². The van der Waals surface area contributed by atoms with E-state index in [9.17, 15) is 4.39 Å². The van der Waals surface area contributed by atoms with Gasteiger partial charge in [-0.3, -0.25) is 0 Å². The Morgan fingerprint density at radius 2 is 2.07 bits per heavy atom. The molecule has 0 bridgehead atoms. The number of aromatic nitrogens is 1. The van der Waals surface area contributed by atoms with E-state index in [4.69, 9.17) is 23.2 Å². The van der Waals surface area contributed by atoms with Crippen LogP contribution in [-0.2, 0) is 0 Å². The molecule has 0 unspecified atom stereocenters. The fraction of sp³-hybridized carbons (Fsp3) is 0. The molecule has 0 saturated carbocycles. The zero-order valence-electron chi connectivity index (χ0n) is 7.10. The highest BCUT2D eigenvalue weighted by Gasteiger charge is 2.13. The number of nitrogens with zero attached hydrogens (tertiary/aromatic N) is 1. The van der Waals surface area contributed by atoms with E-state index >= 15 is 0 Å². The molecule has 0 saturated heterocycles. The average Bonchev–Trinajstić information content (AvgIpc) is 2.58. The van der Waals surface area contributed by atoms with Crippen LogP contribution < -0.4 is 0 Å². The molecular formula is C9H3BrCl2FNS. The van der Waals surface area contributed by atoms with Crippen LogP contribution in [0.4, 0.5) is 4.39 Å².